The zero-order valence-corrected chi connectivity index (χ0v) is 11.6. The minimum absolute atomic E-state index is 0.195. The minimum Gasteiger partial charge on any atom is -0.399 e. The van der Waals surface area contributed by atoms with Gasteiger partial charge in [0.25, 0.3) is 5.91 Å². The molecule has 0 spiro atoms. The summed E-state index contributed by atoms with van der Waals surface area (Å²) < 4.78 is 0. The monoisotopic (exact) mass is 274 g/mol. The smallest absolute Gasteiger partial charge is 0.255 e. The molecular weight excluding hydrogens is 260 g/mol. The van der Waals surface area contributed by atoms with Crippen molar-refractivity contribution in [3.05, 3.63) is 58.1 Å². The molecule has 0 saturated carbocycles. The number of rotatable bonds is 2. The second kappa shape index (κ2) is 5.33. The predicted molar refractivity (Wildman–Crippen MR) is 79.7 cm³/mol. The third-order valence-electron chi connectivity index (χ3n) is 2.72. The van der Waals surface area contributed by atoms with E-state index in [1.54, 1.807) is 18.2 Å². The number of benzene rings is 2. The maximum Gasteiger partial charge on any atom is 0.255 e. The summed E-state index contributed by atoms with van der Waals surface area (Å²) in [5.74, 6) is -0.195. The molecule has 0 radical (unpaired) electrons. The van der Waals surface area contributed by atoms with Crippen LogP contribution in [-0.4, -0.2) is 5.91 Å². The molecule has 0 atom stereocenters. The van der Waals surface area contributed by atoms with Crippen molar-refractivity contribution in [1.29, 1.82) is 0 Å². The zero-order valence-electron chi connectivity index (χ0n) is 10.8. The van der Waals surface area contributed by atoms with Crippen LogP contribution in [0.25, 0.3) is 0 Å². The van der Waals surface area contributed by atoms with Gasteiger partial charge in [-0.25, -0.2) is 0 Å². The Bertz CT molecular complexity index is 618. The molecule has 98 valence electrons. The Morgan fingerprint density at radius 2 is 1.74 bits per heavy atom. The Kier molecular flexibility index (Phi) is 3.76. The van der Waals surface area contributed by atoms with Crippen LogP contribution in [0.2, 0.25) is 5.02 Å². The molecule has 3 nitrogen and oxygen atoms in total. The highest BCUT2D eigenvalue weighted by Crippen LogP contribution is 2.24. The van der Waals surface area contributed by atoms with Crippen molar-refractivity contribution in [1.82, 2.24) is 0 Å². The van der Waals surface area contributed by atoms with E-state index in [-0.39, 0.29) is 5.91 Å². The number of halogens is 1. The summed E-state index contributed by atoms with van der Waals surface area (Å²) in [5, 5.41) is 3.24. The highest BCUT2D eigenvalue weighted by atomic mass is 35.5. The molecule has 0 fully saturated rings. The number of nitrogens with two attached hydrogens (primary N) is 1. The first-order chi connectivity index (χ1) is 8.95. The molecule has 3 N–H and O–H groups in total. The third-order valence-corrected chi connectivity index (χ3v) is 3.05. The summed E-state index contributed by atoms with van der Waals surface area (Å²) in [6.45, 7) is 3.91. The van der Waals surface area contributed by atoms with Crippen LogP contribution in [0, 0.1) is 13.8 Å². The molecule has 2 aromatic carbocycles. The van der Waals surface area contributed by atoms with E-state index in [0.29, 0.717) is 22.0 Å². The van der Waals surface area contributed by atoms with Crippen LogP contribution in [0.3, 0.4) is 0 Å². The summed E-state index contributed by atoms with van der Waals surface area (Å²) >= 11 is 6.02. The lowest BCUT2D eigenvalue weighted by Crippen LogP contribution is -2.12. The van der Waals surface area contributed by atoms with Gasteiger partial charge in [0.2, 0.25) is 0 Å². The van der Waals surface area contributed by atoms with Crippen molar-refractivity contribution in [2.45, 2.75) is 13.8 Å². The molecule has 2 rings (SSSR count). The average Bonchev–Trinajstić information content (AvgIpc) is 2.32. The standard InChI is InChI=1S/C15H15ClN2O/c1-9-5-10(2)7-11(6-9)15(19)18-14-8-12(17)3-4-13(14)16/h3-8H,17H2,1-2H3,(H,18,19). The molecule has 2 aromatic rings. The molecule has 1 amide bonds. The van der Waals surface area contributed by atoms with Crippen molar-refractivity contribution in [2.75, 3.05) is 11.1 Å². The van der Waals surface area contributed by atoms with Crippen LogP contribution >= 0.6 is 11.6 Å². The van der Waals surface area contributed by atoms with Gasteiger partial charge in [-0.15, -0.1) is 0 Å². The fourth-order valence-electron chi connectivity index (χ4n) is 1.94. The number of nitrogens with one attached hydrogen (secondary N) is 1. The van der Waals surface area contributed by atoms with Crippen molar-refractivity contribution in [3.63, 3.8) is 0 Å². The van der Waals surface area contributed by atoms with E-state index in [0.717, 1.165) is 11.1 Å². The molecule has 0 aromatic heterocycles. The van der Waals surface area contributed by atoms with Gasteiger partial charge in [-0.2, -0.15) is 0 Å². The number of nitrogen functional groups attached to an aromatic ring is 1. The van der Waals surface area contributed by atoms with Gasteiger partial charge in [-0.1, -0.05) is 28.8 Å². The fourth-order valence-corrected chi connectivity index (χ4v) is 2.10. The van der Waals surface area contributed by atoms with Crippen LogP contribution in [0.5, 0.6) is 0 Å². The van der Waals surface area contributed by atoms with Crippen LogP contribution < -0.4 is 11.1 Å². The molecule has 0 aliphatic rings. The number of amides is 1. The largest absolute Gasteiger partial charge is 0.399 e. The number of anilines is 2. The van der Waals surface area contributed by atoms with Crippen LogP contribution in [-0.2, 0) is 0 Å². The van der Waals surface area contributed by atoms with Crippen LogP contribution in [0.1, 0.15) is 21.5 Å². The summed E-state index contributed by atoms with van der Waals surface area (Å²) in [6, 6.07) is 10.7. The predicted octanol–water partition coefficient (Wildman–Crippen LogP) is 3.79. The molecule has 0 unspecified atom stereocenters. The first-order valence-corrected chi connectivity index (χ1v) is 6.28. The minimum atomic E-state index is -0.195. The van der Waals surface area contributed by atoms with Crippen molar-refractivity contribution in [3.8, 4) is 0 Å². The molecule has 0 bridgehead atoms. The Labute approximate surface area is 117 Å². The number of hydrogen-bond acceptors (Lipinski definition) is 2. The lowest BCUT2D eigenvalue weighted by molar-refractivity contribution is 0.102. The molecule has 19 heavy (non-hydrogen) atoms. The van der Waals surface area contributed by atoms with E-state index in [1.165, 1.54) is 0 Å². The third kappa shape index (κ3) is 3.26. The molecule has 0 saturated heterocycles. The van der Waals surface area contributed by atoms with Crippen molar-refractivity contribution in [2.24, 2.45) is 0 Å². The summed E-state index contributed by atoms with van der Waals surface area (Å²) in [5.41, 5.74) is 9.45. The number of aryl methyl sites for hydroxylation is 2. The van der Waals surface area contributed by atoms with E-state index in [4.69, 9.17) is 17.3 Å². The molecule has 0 aliphatic heterocycles. The van der Waals surface area contributed by atoms with Crippen molar-refractivity contribution < 1.29 is 4.79 Å². The average molecular weight is 275 g/mol. The Hall–Kier alpha value is -2.00. The number of carbonyl (C=O) groups excluding carboxylic acids is 1. The first-order valence-electron chi connectivity index (χ1n) is 5.90. The molecular formula is C15H15ClN2O. The van der Waals surface area contributed by atoms with Crippen LogP contribution in [0.4, 0.5) is 11.4 Å². The molecule has 0 heterocycles. The molecule has 4 heteroatoms. The van der Waals surface area contributed by atoms with E-state index in [1.807, 2.05) is 32.0 Å². The van der Waals surface area contributed by atoms with Gasteiger partial charge in [-0.05, 0) is 44.2 Å². The van der Waals surface area contributed by atoms with E-state index in [9.17, 15) is 4.79 Å². The fraction of sp³-hybridized carbons (Fsp3) is 0.133. The van der Waals surface area contributed by atoms with Gasteiger partial charge in [-0.3, -0.25) is 4.79 Å². The van der Waals surface area contributed by atoms with Gasteiger partial charge in [0.15, 0.2) is 0 Å². The maximum atomic E-state index is 12.2. The highest BCUT2D eigenvalue weighted by Gasteiger charge is 2.09. The van der Waals surface area contributed by atoms with Gasteiger partial charge in [0, 0.05) is 11.3 Å². The van der Waals surface area contributed by atoms with E-state index >= 15 is 0 Å². The Morgan fingerprint density at radius 3 is 2.37 bits per heavy atom. The number of carbonyl (C=O) groups is 1. The summed E-state index contributed by atoms with van der Waals surface area (Å²) in [7, 11) is 0. The number of hydrogen-bond donors (Lipinski definition) is 2. The highest BCUT2D eigenvalue weighted by molar-refractivity contribution is 6.34. The lowest BCUT2D eigenvalue weighted by Gasteiger charge is -2.09. The quantitative estimate of drug-likeness (QED) is 0.819. The summed E-state index contributed by atoms with van der Waals surface area (Å²) in [4.78, 5) is 12.2. The normalized spacial score (nSPS) is 10.3. The second-order valence-corrected chi connectivity index (χ2v) is 4.98. The molecule has 0 aliphatic carbocycles. The van der Waals surface area contributed by atoms with Gasteiger partial charge in [0.1, 0.15) is 0 Å². The van der Waals surface area contributed by atoms with Crippen molar-refractivity contribution >= 4 is 28.9 Å². The maximum absolute atomic E-state index is 12.2. The topological polar surface area (TPSA) is 55.1 Å². The van der Waals surface area contributed by atoms with E-state index < -0.39 is 0 Å². The van der Waals surface area contributed by atoms with Gasteiger partial charge in [0.05, 0.1) is 10.7 Å². The van der Waals surface area contributed by atoms with Gasteiger partial charge >= 0.3 is 0 Å². The lowest BCUT2D eigenvalue weighted by atomic mass is 10.1. The van der Waals surface area contributed by atoms with E-state index in [2.05, 4.69) is 5.32 Å². The first kappa shape index (κ1) is 13.4. The Morgan fingerprint density at radius 1 is 1.11 bits per heavy atom. The summed E-state index contributed by atoms with van der Waals surface area (Å²) in [6.07, 6.45) is 0. The zero-order chi connectivity index (χ0) is 14.0. The van der Waals surface area contributed by atoms with Crippen LogP contribution in [0.15, 0.2) is 36.4 Å². The SMILES string of the molecule is Cc1cc(C)cc(C(=O)Nc2cc(N)ccc2Cl)c1. The Balaban J connectivity index is 2.28. The van der Waals surface area contributed by atoms with Gasteiger partial charge < -0.3 is 11.1 Å². The second-order valence-electron chi connectivity index (χ2n) is 4.57.